The van der Waals surface area contributed by atoms with Gasteiger partial charge in [-0.2, -0.15) is 0 Å². The van der Waals surface area contributed by atoms with Crippen molar-refractivity contribution in [2.75, 3.05) is 4.90 Å². The molecule has 2 nitrogen and oxygen atoms in total. The van der Waals surface area contributed by atoms with Gasteiger partial charge in [0.05, 0.1) is 27.6 Å². The summed E-state index contributed by atoms with van der Waals surface area (Å²) in [7, 11) is 0. The molecule has 308 valence electrons. The van der Waals surface area contributed by atoms with Crippen molar-refractivity contribution in [3.05, 3.63) is 269 Å². The molecule has 2 aliphatic carbocycles. The van der Waals surface area contributed by atoms with E-state index in [-0.39, 0.29) is 0 Å². The average Bonchev–Trinajstić information content (AvgIpc) is 4.00. The van der Waals surface area contributed by atoms with Crippen molar-refractivity contribution in [1.29, 1.82) is 0 Å². The van der Waals surface area contributed by atoms with Crippen molar-refractivity contribution in [1.82, 2.24) is 0 Å². The van der Waals surface area contributed by atoms with Crippen LogP contribution < -0.4 is 4.90 Å². The summed E-state index contributed by atoms with van der Waals surface area (Å²) >= 11 is 3.77. The molecule has 10 aromatic carbocycles. The van der Waals surface area contributed by atoms with Crippen LogP contribution in [0.1, 0.15) is 44.5 Å². The van der Waals surface area contributed by atoms with Gasteiger partial charge in [0.25, 0.3) is 0 Å². The second kappa shape index (κ2) is 13.5. The topological polar surface area (TPSA) is 16.4 Å². The van der Waals surface area contributed by atoms with Crippen LogP contribution in [0.4, 0.5) is 17.1 Å². The van der Waals surface area contributed by atoms with Gasteiger partial charge in [0.1, 0.15) is 11.2 Å². The van der Waals surface area contributed by atoms with Crippen LogP contribution in [0.15, 0.2) is 248 Å². The third kappa shape index (κ3) is 4.60. The number of rotatable bonds is 3. The van der Waals surface area contributed by atoms with E-state index in [1.165, 1.54) is 86.3 Å². The maximum atomic E-state index is 6.69. The molecule has 0 atom stereocenters. The Bertz CT molecular complexity index is 3790. The number of anilines is 3. The minimum atomic E-state index is -0.525. The van der Waals surface area contributed by atoms with Crippen LogP contribution in [0.3, 0.4) is 0 Å². The fraction of sp³-hybridized carbons (Fsp3) is 0.0323. The average molecular weight is 876 g/mol. The van der Waals surface area contributed by atoms with Crippen molar-refractivity contribution < 1.29 is 4.42 Å². The minimum absolute atomic E-state index is 0.517. The summed E-state index contributed by atoms with van der Waals surface area (Å²) in [5.74, 6) is 0. The molecule has 0 saturated carbocycles. The molecule has 3 heterocycles. The van der Waals surface area contributed by atoms with Gasteiger partial charge in [-0.25, -0.2) is 0 Å². The predicted octanol–water partition coefficient (Wildman–Crippen LogP) is 16.7. The molecule has 2 spiro atoms. The molecule has 11 aromatic rings. The molecule has 0 saturated heterocycles. The Kier molecular flexibility index (Phi) is 7.54. The number of benzene rings is 10. The number of hydrogen-bond donors (Lipinski definition) is 0. The van der Waals surface area contributed by atoms with Gasteiger partial charge >= 0.3 is 0 Å². The summed E-state index contributed by atoms with van der Waals surface area (Å²) in [5, 5.41) is 2.20. The predicted molar refractivity (Wildman–Crippen MR) is 271 cm³/mol. The first-order chi connectivity index (χ1) is 32.7. The molecule has 0 unspecified atom stereocenters. The maximum Gasteiger partial charge on any atom is 0.137 e. The monoisotopic (exact) mass is 875 g/mol. The van der Waals surface area contributed by atoms with Crippen LogP contribution >= 0.6 is 23.5 Å². The van der Waals surface area contributed by atoms with Crippen LogP contribution in [0.25, 0.3) is 44.2 Å². The number of fused-ring (bicyclic) bond motifs is 21. The van der Waals surface area contributed by atoms with E-state index in [4.69, 9.17) is 4.42 Å². The summed E-state index contributed by atoms with van der Waals surface area (Å²) in [6.07, 6.45) is 0. The van der Waals surface area contributed by atoms with Gasteiger partial charge < -0.3 is 9.32 Å². The highest BCUT2D eigenvalue weighted by atomic mass is 32.2. The molecule has 2 aliphatic heterocycles. The van der Waals surface area contributed by atoms with Gasteiger partial charge in [-0.3, -0.25) is 0 Å². The number of hydrogen-bond acceptors (Lipinski definition) is 4. The van der Waals surface area contributed by atoms with Gasteiger partial charge in [-0.15, -0.1) is 0 Å². The van der Waals surface area contributed by atoms with Crippen LogP contribution in [0.5, 0.6) is 0 Å². The molecular weight excluding hydrogens is 839 g/mol. The summed E-state index contributed by atoms with van der Waals surface area (Å²) in [4.78, 5) is 7.74. The lowest BCUT2D eigenvalue weighted by Crippen LogP contribution is -2.32. The van der Waals surface area contributed by atoms with E-state index in [9.17, 15) is 0 Å². The van der Waals surface area contributed by atoms with Crippen molar-refractivity contribution >= 4 is 62.5 Å². The van der Waals surface area contributed by atoms with E-state index >= 15 is 0 Å². The van der Waals surface area contributed by atoms with Crippen molar-refractivity contribution in [3.8, 4) is 22.3 Å². The first kappa shape index (κ1) is 36.8. The molecule has 0 fully saturated rings. The quantitative estimate of drug-likeness (QED) is 0.176. The lowest BCUT2D eigenvalue weighted by Gasteiger charge is -2.40. The van der Waals surface area contributed by atoms with Crippen LogP contribution in [0, 0.1) is 0 Å². The van der Waals surface area contributed by atoms with E-state index in [1.807, 2.05) is 23.5 Å². The van der Waals surface area contributed by atoms with Gasteiger partial charge in [0.2, 0.25) is 0 Å². The maximum absolute atomic E-state index is 6.69. The van der Waals surface area contributed by atoms with E-state index in [0.29, 0.717) is 0 Å². The molecule has 66 heavy (non-hydrogen) atoms. The van der Waals surface area contributed by atoms with Crippen molar-refractivity contribution in [2.24, 2.45) is 0 Å². The Morgan fingerprint density at radius 1 is 0.333 bits per heavy atom. The third-order valence-electron chi connectivity index (χ3n) is 14.8. The minimum Gasteiger partial charge on any atom is -0.456 e. The summed E-state index contributed by atoms with van der Waals surface area (Å²) in [6.45, 7) is 0. The Hall–Kier alpha value is -7.50. The van der Waals surface area contributed by atoms with Gasteiger partial charge in [-0.05, 0) is 122 Å². The normalized spacial score (nSPS) is 14.8. The highest BCUT2D eigenvalue weighted by Gasteiger charge is 2.53. The summed E-state index contributed by atoms with van der Waals surface area (Å²) in [6, 6.07) is 84.0. The zero-order chi connectivity index (χ0) is 43.1. The Balaban J connectivity index is 1.07. The van der Waals surface area contributed by atoms with Crippen LogP contribution in [0.2, 0.25) is 0 Å². The number of nitrogens with zero attached hydrogens (tertiary/aromatic N) is 1. The molecule has 1 aromatic heterocycles. The fourth-order valence-electron chi connectivity index (χ4n) is 12.4. The molecule has 0 bridgehead atoms. The first-order valence-electron chi connectivity index (χ1n) is 22.7. The largest absolute Gasteiger partial charge is 0.456 e. The molecule has 15 rings (SSSR count). The smallest absolute Gasteiger partial charge is 0.137 e. The van der Waals surface area contributed by atoms with E-state index in [1.54, 1.807) is 0 Å². The highest BCUT2D eigenvalue weighted by molar-refractivity contribution is 7.99. The second-order valence-corrected chi connectivity index (χ2v) is 20.0. The van der Waals surface area contributed by atoms with Crippen molar-refractivity contribution in [3.63, 3.8) is 0 Å². The standard InChI is InChI=1S/C62H37NOS2/c1-4-20-43-39(17-1)40-36-35-38(37-50(40)62(43)47-24-8-13-33-57(47)66-58-34-14-9-25-48(58)62)63(52-28-16-30-54-60(52)42-19-3-10-29-53(42)64-54)51-27-15-26-49-59(51)41-18-2-5-21-44(41)61(49)45-22-6-11-31-55(45)65-56-32-12-7-23-46(56)61/h1-37H. The molecular formula is C62H37NOS2. The van der Waals surface area contributed by atoms with E-state index < -0.39 is 10.8 Å². The Morgan fingerprint density at radius 2 is 0.788 bits per heavy atom. The van der Waals surface area contributed by atoms with Gasteiger partial charge in [0.15, 0.2) is 0 Å². The second-order valence-electron chi connectivity index (χ2n) is 17.8. The summed E-state index contributed by atoms with van der Waals surface area (Å²) < 4.78 is 6.69. The van der Waals surface area contributed by atoms with Gasteiger partial charge in [-0.1, -0.05) is 187 Å². The molecule has 0 radical (unpaired) electrons. The Labute approximate surface area is 391 Å². The lowest BCUT2D eigenvalue weighted by molar-refractivity contribution is 0.669. The molecule has 0 amide bonds. The number of para-hydroxylation sites is 1. The zero-order valence-electron chi connectivity index (χ0n) is 35.5. The highest BCUT2D eigenvalue weighted by Crippen LogP contribution is 2.66. The SMILES string of the molecule is c1ccc2c(c1)Sc1ccccc1C21c2ccccc2-c2ccc(N(c3cccc4c3-c3ccccc3C43c4ccccc4Sc4ccccc43)c3cccc4oc5ccccc5c34)cc21. The zero-order valence-corrected chi connectivity index (χ0v) is 37.2. The van der Waals surface area contributed by atoms with Crippen LogP contribution in [-0.4, -0.2) is 0 Å². The summed E-state index contributed by atoms with van der Waals surface area (Å²) in [5.41, 5.74) is 19.6. The third-order valence-corrected chi connectivity index (χ3v) is 17.1. The molecule has 4 aliphatic rings. The Morgan fingerprint density at radius 3 is 1.44 bits per heavy atom. The lowest BCUT2D eigenvalue weighted by atomic mass is 9.67. The van der Waals surface area contributed by atoms with E-state index in [2.05, 4.69) is 229 Å². The van der Waals surface area contributed by atoms with Crippen molar-refractivity contribution in [2.45, 2.75) is 30.4 Å². The molecule has 4 heteroatoms. The van der Waals surface area contributed by atoms with E-state index in [0.717, 1.165) is 39.0 Å². The fourth-order valence-corrected chi connectivity index (χ4v) is 14.8. The van der Waals surface area contributed by atoms with Gasteiger partial charge in [0, 0.05) is 36.2 Å². The van der Waals surface area contributed by atoms with Crippen LogP contribution in [-0.2, 0) is 10.8 Å². The first-order valence-corrected chi connectivity index (χ1v) is 24.3. The molecule has 0 N–H and O–H groups in total. The number of furan rings is 1.